The van der Waals surface area contributed by atoms with Crippen LogP contribution in [0.4, 0.5) is 5.69 Å². The average molecular weight is 423 g/mol. The van der Waals surface area contributed by atoms with Gasteiger partial charge in [-0.15, -0.1) is 21.5 Å². The summed E-state index contributed by atoms with van der Waals surface area (Å²) in [6.45, 7) is 0.959. The summed E-state index contributed by atoms with van der Waals surface area (Å²) in [6, 6.07) is 15.5. The maximum absolute atomic E-state index is 12.7. The van der Waals surface area contributed by atoms with Gasteiger partial charge in [0.25, 0.3) is 5.91 Å². The average Bonchev–Trinajstić information content (AvgIpc) is 3.21. The molecule has 29 heavy (non-hydrogen) atoms. The molecule has 0 saturated heterocycles. The summed E-state index contributed by atoms with van der Waals surface area (Å²) in [5.74, 6) is 1.77. The molecule has 5 rings (SSSR count). The molecule has 1 aliphatic rings. The van der Waals surface area contributed by atoms with Crippen molar-refractivity contribution >= 4 is 44.6 Å². The van der Waals surface area contributed by atoms with Crippen molar-refractivity contribution in [1.82, 2.24) is 14.8 Å². The number of aryl methyl sites for hydroxylation is 1. The second kappa shape index (κ2) is 7.61. The molecular weight excluding hydrogens is 404 g/mol. The Hall–Kier alpha value is -2.70. The Labute approximate surface area is 177 Å². The van der Waals surface area contributed by atoms with Gasteiger partial charge in [-0.05, 0) is 43.2 Å². The Morgan fingerprint density at radius 1 is 1.03 bits per heavy atom. The highest BCUT2D eigenvalue weighted by Crippen LogP contribution is 2.35. The summed E-state index contributed by atoms with van der Waals surface area (Å²) < 4.78 is 3.22. The summed E-state index contributed by atoms with van der Waals surface area (Å²) in [6.07, 6.45) is 4.54. The minimum Gasteiger partial charge on any atom is -0.321 e. The van der Waals surface area contributed by atoms with Gasteiger partial charge in [0.2, 0.25) is 0 Å². The SMILES string of the molecule is O=C(Nc1ccc(-c2nnc3n2CCCCC3)cc1)c1sc2ccccc2c1Cl. The molecule has 0 spiro atoms. The number of fused-ring (bicyclic) bond motifs is 2. The molecule has 3 heterocycles. The molecule has 2 aromatic carbocycles. The number of nitrogens with zero attached hydrogens (tertiary/aromatic N) is 3. The molecule has 146 valence electrons. The van der Waals surface area contributed by atoms with E-state index in [1.807, 2.05) is 48.5 Å². The van der Waals surface area contributed by atoms with Gasteiger partial charge >= 0.3 is 0 Å². The fourth-order valence-electron chi connectivity index (χ4n) is 3.75. The second-order valence-electron chi connectivity index (χ2n) is 7.17. The van der Waals surface area contributed by atoms with E-state index in [-0.39, 0.29) is 5.91 Å². The van der Waals surface area contributed by atoms with Crippen LogP contribution in [0.15, 0.2) is 48.5 Å². The zero-order valence-corrected chi connectivity index (χ0v) is 17.3. The largest absolute Gasteiger partial charge is 0.321 e. The standard InChI is InChI=1S/C22H19ClN4OS/c23-19-16-6-3-4-7-17(16)29-20(19)22(28)24-15-11-9-14(10-12-15)21-26-25-18-8-2-1-5-13-27(18)21/h3-4,6-7,9-12H,1-2,5,8,13H2,(H,24,28). The van der Waals surface area contributed by atoms with E-state index in [1.54, 1.807) is 0 Å². The van der Waals surface area contributed by atoms with Gasteiger partial charge in [0.15, 0.2) is 5.82 Å². The lowest BCUT2D eigenvalue weighted by atomic mass is 10.2. The highest BCUT2D eigenvalue weighted by Gasteiger charge is 2.18. The highest BCUT2D eigenvalue weighted by atomic mass is 35.5. The molecule has 2 aromatic heterocycles. The molecule has 7 heteroatoms. The van der Waals surface area contributed by atoms with Crippen LogP contribution in [0.1, 0.15) is 34.8 Å². The van der Waals surface area contributed by atoms with Crippen molar-refractivity contribution in [3.05, 3.63) is 64.3 Å². The van der Waals surface area contributed by atoms with Crippen molar-refractivity contribution in [2.24, 2.45) is 0 Å². The summed E-state index contributed by atoms with van der Waals surface area (Å²) >= 11 is 7.83. The van der Waals surface area contributed by atoms with Crippen LogP contribution in [0.5, 0.6) is 0 Å². The Kier molecular flexibility index (Phi) is 4.81. The topological polar surface area (TPSA) is 59.8 Å². The Morgan fingerprint density at radius 2 is 1.86 bits per heavy atom. The van der Waals surface area contributed by atoms with Crippen molar-refractivity contribution in [3.63, 3.8) is 0 Å². The van der Waals surface area contributed by atoms with Crippen LogP contribution in [-0.4, -0.2) is 20.7 Å². The van der Waals surface area contributed by atoms with Gasteiger partial charge in [0, 0.05) is 34.3 Å². The number of nitrogens with one attached hydrogen (secondary N) is 1. The fraction of sp³-hybridized carbons (Fsp3) is 0.227. The fourth-order valence-corrected chi connectivity index (χ4v) is 5.16. The molecule has 1 aliphatic heterocycles. The normalized spacial score (nSPS) is 13.8. The monoisotopic (exact) mass is 422 g/mol. The lowest BCUT2D eigenvalue weighted by Crippen LogP contribution is -2.10. The van der Waals surface area contributed by atoms with E-state index in [0.717, 1.165) is 52.4 Å². The molecule has 1 amide bonds. The molecular formula is C22H19ClN4OS. The number of halogens is 1. The van der Waals surface area contributed by atoms with E-state index in [2.05, 4.69) is 20.1 Å². The summed E-state index contributed by atoms with van der Waals surface area (Å²) in [5, 5.41) is 13.1. The van der Waals surface area contributed by atoms with Crippen LogP contribution in [-0.2, 0) is 13.0 Å². The Bertz CT molecular complexity index is 1200. The first-order chi connectivity index (χ1) is 14.2. The third-order valence-corrected chi connectivity index (χ3v) is 6.93. The van der Waals surface area contributed by atoms with Crippen LogP contribution >= 0.6 is 22.9 Å². The van der Waals surface area contributed by atoms with Crippen molar-refractivity contribution in [1.29, 1.82) is 0 Å². The zero-order chi connectivity index (χ0) is 19.8. The molecule has 0 atom stereocenters. The highest BCUT2D eigenvalue weighted by molar-refractivity contribution is 7.21. The number of thiophene rings is 1. The number of amides is 1. The van der Waals surface area contributed by atoms with Gasteiger partial charge in [-0.25, -0.2) is 0 Å². The van der Waals surface area contributed by atoms with E-state index in [4.69, 9.17) is 11.6 Å². The molecule has 0 radical (unpaired) electrons. The van der Waals surface area contributed by atoms with E-state index in [0.29, 0.717) is 9.90 Å². The van der Waals surface area contributed by atoms with E-state index in [9.17, 15) is 4.79 Å². The first kappa shape index (κ1) is 18.3. The molecule has 1 N–H and O–H groups in total. The maximum Gasteiger partial charge on any atom is 0.267 e. The number of benzene rings is 2. The first-order valence-electron chi connectivity index (χ1n) is 9.71. The van der Waals surface area contributed by atoms with E-state index in [1.165, 1.54) is 24.2 Å². The summed E-state index contributed by atoms with van der Waals surface area (Å²) in [4.78, 5) is 13.3. The van der Waals surface area contributed by atoms with E-state index < -0.39 is 0 Å². The molecule has 0 bridgehead atoms. The quantitative estimate of drug-likeness (QED) is 0.454. The predicted octanol–water partition coefficient (Wildman–Crippen LogP) is 5.79. The van der Waals surface area contributed by atoms with Gasteiger partial charge < -0.3 is 9.88 Å². The summed E-state index contributed by atoms with van der Waals surface area (Å²) in [5.41, 5.74) is 1.73. The maximum atomic E-state index is 12.7. The molecule has 4 aromatic rings. The van der Waals surface area contributed by atoms with Crippen molar-refractivity contribution in [2.45, 2.75) is 32.2 Å². The van der Waals surface area contributed by atoms with Crippen molar-refractivity contribution < 1.29 is 4.79 Å². The van der Waals surface area contributed by atoms with Crippen LogP contribution in [0.25, 0.3) is 21.5 Å². The first-order valence-corrected chi connectivity index (χ1v) is 10.9. The van der Waals surface area contributed by atoms with Crippen molar-refractivity contribution in [2.75, 3.05) is 5.32 Å². The zero-order valence-electron chi connectivity index (χ0n) is 15.7. The van der Waals surface area contributed by atoms with Crippen LogP contribution in [0, 0.1) is 0 Å². The number of rotatable bonds is 3. The predicted molar refractivity (Wildman–Crippen MR) is 118 cm³/mol. The van der Waals surface area contributed by atoms with Crippen molar-refractivity contribution in [3.8, 4) is 11.4 Å². The number of carbonyl (C=O) groups is 1. The van der Waals surface area contributed by atoms with Gasteiger partial charge in [0.1, 0.15) is 10.7 Å². The van der Waals surface area contributed by atoms with Gasteiger partial charge in [-0.2, -0.15) is 0 Å². The Balaban J connectivity index is 1.37. The van der Waals surface area contributed by atoms with Gasteiger partial charge in [-0.1, -0.05) is 36.2 Å². The Morgan fingerprint density at radius 3 is 2.69 bits per heavy atom. The van der Waals surface area contributed by atoms with Crippen LogP contribution < -0.4 is 5.32 Å². The number of carbonyl (C=O) groups excluding carboxylic acids is 1. The molecule has 0 fully saturated rings. The minimum absolute atomic E-state index is 0.194. The number of hydrogen-bond donors (Lipinski definition) is 1. The van der Waals surface area contributed by atoms with E-state index >= 15 is 0 Å². The number of aromatic nitrogens is 3. The third-order valence-electron chi connectivity index (χ3n) is 5.25. The second-order valence-corrected chi connectivity index (χ2v) is 8.61. The van der Waals surface area contributed by atoms with Crippen LogP contribution in [0.3, 0.4) is 0 Å². The van der Waals surface area contributed by atoms with Gasteiger partial charge in [-0.3, -0.25) is 4.79 Å². The lowest BCUT2D eigenvalue weighted by Gasteiger charge is -2.08. The van der Waals surface area contributed by atoms with Crippen LogP contribution in [0.2, 0.25) is 5.02 Å². The third kappa shape index (κ3) is 3.43. The number of hydrogen-bond acceptors (Lipinski definition) is 4. The lowest BCUT2D eigenvalue weighted by molar-refractivity contribution is 0.103. The minimum atomic E-state index is -0.194. The molecule has 0 aliphatic carbocycles. The smallest absolute Gasteiger partial charge is 0.267 e. The van der Waals surface area contributed by atoms with Gasteiger partial charge in [0.05, 0.1) is 5.02 Å². The summed E-state index contributed by atoms with van der Waals surface area (Å²) in [7, 11) is 0. The molecule has 0 saturated carbocycles. The number of anilines is 1. The molecule has 5 nitrogen and oxygen atoms in total. The molecule has 0 unspecified atom stereocenters.